The Morgan fingerprint density at radius 2 is 1.55 bits per heavy atom. The number of hydrogen-bond donors (Lipinski definition) is 2. The first-order valence-corrected chi connectivity index (χ1v) is 10.7. The van der Waals surface area contributed by atoms with Gasteiger partial charge in [-0.15, -0.1) is 0 Å². The van der Waals surface area contributed by atoms with Crippen LogP contribution in [0.15, 0.2) is 77.7 Å². The topological polar surface area (TPSA) is 83.8 Å². The number of rotatable bonds is 8. The summed E-state index contributed by atoms with van der Waals surface area (Å²) in [5, 5.41) is 20.9. The van der Waals surface area contributed by atoms with Gasteiger partial charge in [0, 0.05) is 12.8 Å². The molecule has 5 nitrogen and oxygen atoms in total. The molecule has 0 aliphatic rings. The van der Waals surface area contributed by atoms with Crippen molar-refractivity contribution >= 4 is 10.1 Å². The molecule has 6 heteroatoms. The van der Waals surface area contributed by atoms with Gasteiger partial charge in [0.1, 0.15) is 5.75 Å². The van der Waals surface area contributed by atoms with Gasteiger partial charge in [0.15, 0.2) is 0 Å². The molecule has 1 atom stereocenters. The number of hydrogen-bond acceptors (Lipinski definition) is 5. The maximum Gasteiger partial charge on any atom is 0.297 e. The predicted octanol–water partition coefficient (Wildman–Crippen LogP) is 3.60. The van der Waals surface area contributed by atoms with Gasteiger partial charge in [0.05, 0.1) is 17.6 Å². The highest BCUT2D eigenvalue weighted by Crippen LogP contribution is 2.26. The van der Waals surface area contributed by atoms with Crippen molar-refractivity contribution in [2.24, 2.45) is 0 Å². The summed E-state index contributed by atoms with van der Waals surface area (Å²) >= 11 is 0. The fourth-order valence-corrected chi connectivity index (χ4v) is 4.32. The van der Waals surface area contributed by atoms with E-state index >= 15 is 0 Å². The lowest BCUT2D eigenvalue weighted by molar-refractivity contribution is 0.110. The van der Waals surface area contributed by atoms with E-state index in [1.807, 2.05) is 42.5 Å². The Hall–Kier alpha value is -2.67. The molecule has 3 rings (SSSR count). The van der Waals surface area contributed by atoms with Gasteiger partial charge in [0.2, 0.25) is 0 Å². The van der Waals surface area contributed by atoms with Gasteiger partial charge in [-0.2, -0.15) is 8.42 Å². The molecule has 0 aliphatic heterocycles. The molecule has 152 valence electrons. The molecule has 0 aromatic heterocycles. The Kier molecular flexibility index (Phi) is 6.69. The molecular weight excluding hydrogens is 388 g/mol. The van der Waals surface area contributed by atoms with Crippen LogP contribution in [-0.4, -0.2) is 31.3 Å². The molecule has 2 N–H and O–H groups in total. The van der Waals surface area contributed by atoms with Crippen LogP contribution in [-0.2, 0) is 27.1 Å². The number of phenolic OH excluding ortho intramolecular Hbond substituents is 1. The van der Waals surface area contributed by atoms with E-state index in [0.717, 1.165) is 11.1 Å². The molecule has 3 aromatic carbocycles. The smallest absolute Gasteiger partial charge is 0.297 e. The summed E-state index contributed by atoms with van der Waals surface area (Å²) in [5.74, 6) is 0.108. The normalized spacial score (nSPS) is 12.6. The molecule has 0 amide bonds. The van der Waals surface area contributed by atoms with Crippen molar-refractivity contribution < 1.29 is 22.8 Å². The quantitative estimate of drug-likeness (QED) is 0.552. The highest BCUT2D eigenvalue weighted by Gasteiger charge is 2.20. The summed E-state index contributed by atoms with van der Waals surface area (Å²) in [4.78, 5) is 0.0832. The van der Waals surface area contributed by atoms with E-state index < -0.39 is 16.2 Å². The minimum absolute atomic E-state index is 0.0811. The van der Waals surface area contributed by atoms with E-state index in [4.69, 9.17) is 4.18 Å². The van der Waals surface area contributed by atoms with Crippen LogP contribution >= 0.6 is 0 Å². The predicted molar refractivity (Wildman–Crippen MR) is 111 cm³/mol. The van der Waals surface area contributed by atoms with E-state index in [9.17, 15) is 18.6 Å². The monoisotopic (exact) mass is 412 g/mol. The van der Waals surface area contributed by atoms with Crippen LogP contribution < -0.4 is 0 Å². The lowest BCUT2D eigenvalue weighted by Crippen LogP contribution is -2.21. The third kappa shape index (κ3) is 5.44. The molecule has 0 radical (unpaired) electrons. The standard InChI is InChI=1S/C23H24O5S/c1-17-8-5-6-13-22(17)29(26,27)28-16-21(24)15-20-12-7-11-19(23(20)25)14-18-9-3-2-4-10-18/h2-13,21,24-25H,14-16H2,1H3. The molecule has 0 saturated heterocycles. The number of para-hydroxylation sites is 1. The summed E-state index contributed by atoms with van der Waals surface area (Å²) in [7, 11) is -3.96. The van der Waals surface area contributed by atoms with Crippen molar-refractivity contribution in [3.8, 4) is 5.75 Å². The van der Waals surface area contributed by atoms with Crippen LogP contribution in [0.1, 0.15) is 22.3 Å². The van der Waals surface area contributed by atoms with Crippen molar-refractivity contribution in [3.63, 3.8) is 0 Å². The van der Waals surface area contributed by atoms with Crippen molar-refractivity contribution in [2.75, 3.05) is 6.61 Å². The van der Waals surface area contributed by atoms with E-state index in [2.05, 4.69) is 0 Å². The number of aromatic hydroxyl groups is 1. The lowest BCUT2D eigenvalue weighted by Gasteiger charge is -2.15. The van der Waals surface area contributed by atoms with Gasteiger partial charge in [-0.3, -0.25) is 4.18 Å². The number of aryl methyl sites for hydroxylation is 1. The first-order chi connectivity index (χ1) is 13.9. The molecule has 1 unspecified atom stereocenters. The summed E-state index contributed by atoms with van der Waals surface area (Å²) in [5.41, 5.74) is 2.93. The van der Waals surface area contributed by atoms with Crippen LogP contribution in [0, 0.1) is 6.92 Å². The first-order valence-electron chi connectivity index (χ1n) is 9.33. The van der Waals surface area contributed by atoms with Crippen molar-refractivity contribution in [2.45, 2.75) is 30.8 Å². The average molecular weight is 413 g/mol. The highest BCUT2D eigenvalue weighted by molar-refractivity contribution is 7.86. The van der Waals surface area contributed by atoms with Gasteiger partial charge in [-0.1, -0.05) is 66.7 Å². The van der Waals surface area contributed by atoms with Gasteiger partial charge in [-0.05, 0) is 35.2 Å². The van der Waals surface area contributed by atoms with Gasteiger partial charge in [0.25, 0.3) is 10.1 Å². The zero-order chi connectivity index (χ0) is 20.9. The van der Waals surface area contributed by atoms with Crippen molar-refractivity contribution in [1.29, 1.82) is 0 Å². The van der Waals surface area contributed by atoms with Gasteiger partial charge >= 0.3 is 0 Å². The van der Waals surface area contributed by atoms with Crippen molar-refractivity contribution in [3.05, 3.63) is 95.1 Å². The largest absolute Gasteiger partial charge is 0.507 e. The van der Waals surface area contributed by atoms with E-state index in [-0.39, 0.29) is 23.7 Å². The molecule has 0 aliphatic carbocycles. The second-order valence-electron chi connectivity index (χ2n) is 6.95. The Labute approximate surface area is 171 Å². The molecular formula is C23H24O5S. The summed E-state index contributed by atoms with van der Waals surface area (Å²) < 4.78 is 29.7. The maximum atomic E-state index is 12.4. The van der Waals surface area contributed by atoms with Crippen LogP contribution in [0.2, 0.25) is 0 Å². The Bertz CT molecular complexity index is 1060. The zero-order valence-corrected chi connectivity index (χ0v) is 17.0. The van der Waals surface area contributed by atoms with E-state index in [0.29, 0.717) is 17.5 Å². The molecule has 0 saturated carbocycles. The fraction of sp³-hybridized carbons (Fsp3) is 0.217. The van der Waals surface area contributed by atoms with Crippen LogP contribution in [0.25, 0.3) is 0 Å². The zero-order valence-electron chi connectivity index (χ0n) is 16.2. The number of aliphatic hydroxyl groups excluding tert-OH is 1. The minimum Gasteiger partial charge on any atom is -0.507 e. The van der Waals surface area contributed by atoms with Crippen LogP contribution in [0.3, 0.4) is 0 Å². The molecule has 0 spiro atoms. The van der Waals surface area contributed by atoms with Gasteiger partial charge in [-0.25, -0.2) is 0 Å². The number of benzene rings is 3. The molecule has 0 fully saturated rings. The second-order valence-corrected chi connectivity index (χ2v) is 8.53. The lowest BCUT2D eigenvalue weighted by atomic mass is 9.99. The SMILES string of the molecule is Cc1ccccc1S(=O)(=O)OCC(O)Cc1cccc(Cc2ccccc2)c1O. The molecule has 0 heterocycles. The van der Waals surface area contributed by atoms with E-state index in [1.165, 1.54) is 6.07 Å². The molecule has 29 heavy (non-hydrogen) atoms. The third-order valence-electron chi connectivity index (χ3n) is 4.67. The third-order valence-corrected chi connectivity index (χ3v) is 6.12. The number of aliphatic hydroxyl groups is 1. The van der Waals surface area contributed by atoms with Crippen LogP contribution in [0.4, 0.5) is 0 Å². The average Bonchev–Trinajstić information content (AvgIpc) is 2.70. The second kappa shape index (κ2) is 9.22. The Balaban J connectivity index is 1.66. The molecule has 3 aromatic rings. The highest BCUT2D eigenvalue weighted by atomic mass is 32.2. The first kappa shape index (κ1) is 21.0. The Morgan fingerprint density at radius 1 is 0.897 bits per heavy atom. The summed E-state index contributed by atoms with van der Waals surface area (Å²) in [6.07, 6.45) is -0.432. The fourth-order valence-electron chi connectivity index (χ4n) is 3.15. The van der Waals surface area contributed by atoms with Gasteiger partial charge < -0.3 is 10.2 Å². The number of phenols is 1. The summed E-state index contributed by atoms with van der Waals surface area (Å²) in [6.45, 7) is 1.29. The van der Waals surface area contributed by atoms with Crippen molar-refractivity contribution in [1.82, 2.24) is 0 Å². The maximum absolute atomic E-state index is 12.4. The summed E-state index contributed by atoms with van der Waals surface area (Å²) in [6, 6.07) is 21.6. The molecule has 0 bridgehead atoms. The van der Waals surface area contributed by atoms with E-state index in [1.54, 1.807) is 31.2 Å². The van der Waals surface area contributed by atoms with Crippen LogP contribution in [0.5, 0.6) is 5.75 Å². The minimum atomic E-state index is -3.96. The Morgan fingerprint density at radius 3 is 2.28 bits per heavy atom.